The molecule has 0 spiro atoms. The summed E-state index contributed by atoms with van der Waals surface area (Å²) in [5.74, 6) is 0.295. The predicted octanol–water partition coefficient (Wildman–Crippen LogP) is 2.11. The number of halogens is 1. The molecule has 0 radical (unpaired) electrons. The van der Waals surface area contributed by atoms with E-state index in [1.54, 1.807) is 23.1 Å². The van der Waals surface area contributed by atoms with Crippen LogP contribution in [-0.4, -0.2) is 46.2 Å². The molecule has 170 valence electrons. The number of carbonyl (C=O) groups is 2. The monoisotopic (exact) mass is 541 g/mol. The first-order chi connectivity index (χ1) is 14.2. The first-order valence-electron chi connectivity index (χ1n) is 9.94. The highest BCUT2D eigenvalue weighted by Crippen LogP contribution is 2.12. The van der Waals surface area contributed by atoms with Gasteiger partial charge >= 0.3 is 0 Å². The highest BCUT2D eigenvalue weighted by atomic mass is 127. The first-order valence-corrected chi connectivity index (χ1v) is 9.94. The molecule has 2 amide bonds. The van der Waals surface area contributed by atoms with Gasteiger partial charge in [-0.1, -0.05) is 12.1 Å². The Labute approximate surface area is 200 Å². The highest BCUT2D eigenvalue weighted by Gasteiger charge is 2.13. The molecule has 1 heterocycles. The predicted molar refractivity (Wildman–Crippen MR) is 133 cm³/mol. The van der Waals surface area contributed by atoms with Crippen LogP contribution in [0.5, 0.6) is 0 Å². The van der Waals surface area contributed by atoms with Crippen LogP contribution < -0.4 is 21.3 Å². The minimum Gasteiger partial charge on any atom is -0.357 e. The van der Waals surface area contributed by atoms with E-state index in [1.165, 1.54) is 0 Å². The fourth-order valence-electron chi connectivity index (χ4n) is 2.63. The van der Waals surface area contributed by atoms with Crippen molar-refractivity contribution in [2.45, 2.75) is 46.3 Å². The molecule has 0 aliphatic heterocycles. The van der Waals surface area contributed by atoms with Gasteiger partial charge in [-0.3, -0.25) is 14.3 Å². The molecule has 9 nitrogen and oxygen atoms in total. The lowest BCUT2D eigenvalue weighted by Crippen LogP contribution is -2.48. The Balaban J connectivity index is 0.00000480. The summed E-state index contributed by atoms with van der Waals surface area (Å²) < 4.78 is 1.56. The van der Waals surface area contributed by atoms with Gasteiger partial charge in [0.2, 0.25) is 11.8 Å². The minimum atomic E-state index is -0.281. The van der Waals surface area contributed by atoms with Crippen molar-refractivity contribution in [3.8, 4) is 0 Å². The number of amides is 2. The van der Waals surface area contributed by atoms with E-state index in [2.05, 4.69) is 31.4 Å². The summed E-state index contributed by atoms with van der Waals surface area (Å²) in [7, 11) is 0. The summed E-state index contributed by atoms with van der Waals surface area (Å²) >= 11 is 0. The first kappa shape index (κ1) is 26.4. The van der Waals surface area contributed by atoms with Crippen LogP contribution in [0.4, 0.5) is 5.69 Å². The minimum absolute atomic E-state index is 0. The van der Waals surface area contributed by atoms with Crippen LogP contribution in [0.2, 0.25) is 0 Å². The van der Waals surface area contributed by atoms with Crippen LogP contribution >= 0.6 is 24.0 Å². The van der Waals surface area contributed by atoms with Gasteiger partial charge in [0.1, 0.15) is 6.54 Å². The summed E-state index contributed by atoms with van der Waals surface area (Å²) in [5.41, 5.74) is 1.35. The maximum Gasteiger partial charge on any atom is 0.246 e. The zero-order chi connectivity index (χ0) is 22.0. The third kappa shape index (κ3) is 10.8. The molecule has 0 fully saturated rings. The maximum absolute atomic E-state index is 12.1. The van der Waals surface area contributed by atoms with E-state index in [0.29, 0.717) is 24.7 Å². The number of hydrogen-bond donors (Lipinski definition) is 4. The molecule has 10 heteroatoms. The van der Waals surface area contributed by atoms with Gasteiger partial charge in [0.15, 0.2) is 5.96 Å². The SMILES string of the molecule is CCNC(=NCc1cccc(NC(=O)Cn2cccn2)c1)NCC(=O)NC(C)(C)C.I. The number of hydrogen-bond acceptors (Lipinski definition) is 4. The molecule has 1 aromatic heterocycles. The van der Waals surface area contributed by atoms with Crippen LogP contribution in [0.25, 0.3) is 0 Å². The molecular formula is C21H32IN7O2. The van der Waals surface area contributed by atoms with Gasteiger partial charge in [0.05, 0.1) is 13.1 Å². The number of guanidine groups is 1. The molecule has 0 bridgehead atoms. The number of aliphatic imine (C=N–C) groups is 1. The van der Waals surface area contributed by atoms with Crippen molar-refractivity contribution >= 4 is 47.4 Å². The summed E-state index contributed by atoms with van der Waals surface area (Å²) in [6, 6.07) is 9.28. The van der Waals surface area contributed by atoms with Crippen molar-refractivity contribution in [3.05, 3.63) is 48.3 Å². The Morgan fingerprint density at radius 2 is 1.90 bits per heavy atom. The lowest BCUT2D eigenvalue weighted by atomic mass is 10.1. The van der Waals surface area contributed by atoms with E-state index in [9.17, 15) is 9.59 Å². The number of benzene rings is 1. The summed E-state index contributed by atoms with van der Waals surface area (Å²) in [4.78, 5) is 28.7. The van der Waals surface area contributed by atoms with Crippen LogP contribution in [0.3, 0.4) is 0 Å². The second kappa shape index (κ2) is 12.9. The van der Waals surface area contributed by atoms with Gasteiger partial charge in [0, 0.05) is 30.2 Å². The number of rotatable bonds is 8. The molecule has 0 aliphatic rings. The second-order valence-corrected chi connectivity index (χ2v) is 7.80. The van der Waals surface area contributed by atoms with Crippen LogP contribution in [0.1, 0.15) is 33.3 Å². The Bertz CT molecular complexity index is 861. The fourth-order valence-corrected chi connectivity index (χ4v) is 2.63. The zero-order valence-electron chi connectivity index (χ0n) is 18.4. The molecule has 4 N–H and O–H groups in total. The lowest BCUT2D eigenvalue weighted by molar-refractivity contribution is -0.121. The Hall–Kier alpha value is -2.63. The molecule has 0 aliphatic carbocycles. The van der Waals surface area contributed by atoms with Crippen molar-refractivity contribution in [1.29, 1.82) is 0 Å². The molecule has 0 saturated carbocycles. The maximum atomic E-state index is 12.1. The van der Waals surface area contributed by atoms with Crippen molar-refractivity contribution < 1.29 is 9.59 Å². The zero-order valence-corrected chi connectivity index (χ0v) is 20.8. The third-order valence-electron chi connectivity index (χ3n) is 3.77. The van der Waals surface area contributed by atoms with Crippen LogP contribution in [0, 0.1) is 0 Å². The van der Waals surface area contributed by atoms with E-state index in [1.807, 2.05) is 52.0 Å². The van der Waals surface area contributed by atoms with Gasteiger partial charge in [-0.25, -0.2) is 4.99 Å². The summed E-state index contributed by atoms with van der Waals surface area (Å²) in [5, 5.41) is 15.9. The number of nitrogens with one attached hydrogen (secondary N) is 4. The van der Waals surface area contributed by atoms with E-state index < -0.39 is 0 Å². The molecule has 0 saturated heterocycles. The largest absolute Gasteiger partial charge is 0.357 e. The Morgan fingerprint density at radius 1 is 1.13 bits per heavy atom. The van der Waals surface area contributed by atoms with Crippen molar-refractivity contribution in [3.63, 3.8) is 0 Å². The lowest BCUT2D eigenvalue weighted by Gasteiger charge is -2.21. The topological polar surface area (TPSA) is 112 Å². The molecule has 1 aromatic carbocycles. The number of nitrogens with zero attached hydrogens (tertiary/aromatic N) is 3. The third-order valence-corrected chi connectivity index (χ3v) is 3.77. The standard InChI is InChI=1S/C21H31N7O2.HI/c1-5-22-20(24-14-18(29)27-21(2,3)4)23-13-16-8-6-9-17(12-16)26-19(30)15-28-11-7-10-25-28;/h6-12H,5,13-15H2,1-4H3,(H,26,30)(H,27,29)(H2,22,23,24);1H. The average Bonchev–Trinajstić information content (AvgIpc) is 3.15. The Morgan fingerprint density at radius 3 is 2.55 bits per heavy atom. The molecule has 2 aromatic rings. The van der Waals surface area contributed by atoms with E-state index >= 15 is 0 Å². The Kier molecular flexibility index (Phi) is 11.0. The van der Waals surface area contributed by atoms with Gasteiger partial charge < -0.3 is 21.3 Å². The summed E-state index contributed by atoms with van der Waals surface area (Å²) in [6.45, 7) is 9.13. The van der Waals surface area contributed by atoms with E-state index in [4.69, 9.17) is 0 Å². The average molecular weight is 541 g/mol. The number of aromatic nitrogens is 2. The molecule has 2 rings (SSSR count). The fraction of sp³-hybridized carbons (Fsp3) is 0.429. The van der Waals surface area contributed by atoms with Crippen LogP contribution in [-0.2, 0) is 22.7 Å². The van der Waals surface area contributed by atoms with Gasteiger partial charge in [-0.05, 0) is 51.5 Å². The quantitative estimate of drug-likeness (QED) is 0.233. The summed E-state index contributed by atoms with van der Waals surface area (Å²) in [6.07, 6.45) is 3.37. The number of anilines is 1. The molecule has 0 atom stereocenters. The van der Waals surface area contributed by atoms with E-state index in [0.717, 1.165) is 5.56 Å². The van der Waals surface area contributed by atoms with Gasteiger partial charge in [0.25, 0.3) is 0 Å². The van der Waals surface area contributed by atoms with Crippen molar-refractivity contribution in [2.24, 2.45) is 4.99 Å². The van der Waals surface area contributed by atoms with Crippen molar-refractivity contribution in [2.75, 3.05) is 18.4 Å². The second-order valence-electron chi connectivity index (χ2n) is 7.80. The van der Waals surface area contributed by atoms with Crippen molar-refractivity contribution in [1.82, 2.24) is 25.7 Å². The normalized spacial score (nSPS) is 11.3. The highest BCUT2D eigenvalue weighted by molar-refractivity contribution is 14.0. The number of carbonyl (C=O) groups excluding carboxylic acids is 2. The van der Waals surface area contributed by atoms with Gasteiger partial charge in [-0.15, -0.1) is 24.0 Å². The molecular weight excluding hydrogens is 509 g/mol. The van der Waals surface area contributed by atoms with Gasteiger partial charge in [-0.2, -0.15) is 5.10 Å². The molecule has 0 unspecified atom stereocenters. The van der Waals surface area contributed by atoms with Crippen LogP contribution in [0.15, 0.2) is 47.7 Å². The molecule has 31 heavy (non-hydrogen) atoms. The smallest absolute Gasteiger partial charge is 0.246 e. The van der Waals surface area contributed by atoms with E-state index in [-0.39, 0.29) is 54.4 Å².